The summed E-state index contributed by atoms with van der Waals surface area (Å²) in [7, 11) is -6.60. The van der Waals surface area contributed by atoms with Crippen molar-refractivity contribution >= 4 is 25.6 Å². The molecule has 10 heteroatoms. The molecule has 0 aromatic carbocycles. The van der Waals surface area contributed by atoms with E-state index in [9.17, 15) is 21.6 Å². The largest absolute Gasteiger partial charge is 0.480 e. The Labute approximate surface area is 232 Å². The fourth-order valence-electron chi connectivity index (χ4n) is 6.54. The van der Waals surface area contributed by atoms with Crippen molar-refractivity contribution in [2.75, 3.05) is 62.8 Å². The Morgan fingerprint density at radius 3 is 1.63 bits per heavy atom. The van der Waals surface area contributed by atoms with Crippen LogP contribution in [0.3, 0.4) is 0 Å². The Bertz CT molecular complexity index is 908. The molecule has 0 aliphatic carbocycles. The van der Waals surface area contributed by atoms with Crippen LogP contribution in [0.25, 0.3) is 0 Å². The minimum absolute atomic E-state index is 0.0214. The molecule has 2 fully saturated rings. The van der Waals surface area contributed by atoms with Crippen molar-refractivity contribution in [2.45, 2.75) is 84.5 Å². The first-order valence-electron chi connectivity index (χ1n) is 15.0. The molecule has 0 aromatic rings. The van der Waals surface area contributed by atoms with E-state index in [1.165, 1.54) is 57.6 Å². The number of carbonyl (C=O) groups is 1. The molecule has 2 aliphatic heterocycles. The zero-order chi connectivity index (χ0) is 28.2. The van der Waals surface area contributed by atoms with Gasteiger partial charge in [-0.15, -0.1) is 0 Å². The number of hydrogen-bond donors (Lipinski definition) is 1. The highest BCUT2D eigenvalue weighted by atomic mass is 32.2. The summed E-state index contributed by atoms with van der Waals surface area (Å²) in [5.41, 5.74) is 0. The fourth-order valence-corrected chi connectivity index (χ4v) is 9.89. The molecule has 0 spiro atoms. The van der Waals surface area contributed by atoms with Crippen molar-refractivity contribution in [3.8, 4) is 0 Å². The van der Waals surface area contributed by atoms with Gasteiger partial charge in [0.05, 0.1) is 23.8 Å². The third kappa shape index (κ3) is 13.1. The summed E-state index contributed by atoms with van der Waals surface area (Å²) in [6.07, 6.45) is 14.7. The van der Waals surface area contributed by atoms with Gasteiger partial charge in [-0.3, -0.25) is 9.69 Å². The summed E-state index contributed by atoms with van der Waals surface area (Å²) in [5, 5.41) is 9.13. The van der Waals surface area contributed by atoms with Gasteiger partial charge in [-0.05, 0) is 36.6 Å². The fraction of sp³-hybridized carbons (Fsp3) is 0.964. The molecular weight excluding hydrogens is 524 g/mol. The molecule has 0 bridgehead atoms. The van der Waals surface area contributed by atoms with Crippen LogP contribution < -0.4 is 0 Å². The standard InChI is InChI=1S/C28H54N2O6S2/c1-4-6-7-8-9-10-11-12-13-14-15-29-17-25(21-37(3,33)34)27(18-29)23-38(35,36)22-26-19-30(20-28(31)32)16-24(26)5-2/h24-27H,4-23H2,1-3H3,(H,31,32). The molecule has 0 amide bonds. The number of unbranched alkanes of at least 4 members (excludes halogenated alkanes) is 9. The van der Waals surface area contributed by atoms with Crippen molar-refractivity contribution in [1.29, 1.82) is 0 Å². The molecule has 0 aromatic heterocycles. The van der Waals surface area contributed by atoms with E-state index >= 15 is 0 Å². The van der Waals surface area contributed by atoms with Gasteiger partial charge in [-0.2, -0.15) is 0 Å². The van der Waals surface area contributed by atoms with E-state index in [2.05, 4.69) is 11.8 Å². The van der Waals surface area contributed by atoms with Crippen molar-refractivity contribution in [2.24, 2.45) is 23.7 Å². The molecule has 4 atom stereocenters. The number of likely N-dealkylation sites (tertiary alicyclic amines) is 2. The van der Waals surface area contributed by atoms with E-state index in [1.807, 2.05) is 11.8 Å². The van der Waals surface area contributed by atoms with Crippen LogP contribution in [0.4, 0.5) is 0 Å². The summed E-state index contributed by atoms with van der Waals surface area (Å²) in [4.78, 5) is 15.2. The van der Waals surface area contributed by atoms with E-state index in [-0.39, 0.29) is 47.5 Å². The lowest BCUT2D eigenvalue weighted by molar-refractivity contribution is -0.138. The molecule has 8 nitrogen and oxygen atoms in total. The van der Waals surface area contributed by atoms with Crippen LogP contribution in [-0.4, -0.2) is 100 Å². The normalized spacial score (nSPS) is 25.3. The summed E-state index contributed by atoms with van der Waals surface area (Å²) >= 11 is 0. The minimum Gasteiger partial charge on any atom is -0.480 e. The Hall–Kier alpha value is -0.710. The Morgan fingerprint density at radius 2 is 1.13 bits per heavy atom. The minimum atomic E-state index is -3.39. The van der Waals surface area contributed by atoms with Gasteiger partial charge >= 0.3 is 5.97 Å². The zero-order valence-electron chi connectivity index (χ0n) is 24.2. The highest BCUT2D eigenvalue weighted by Crippen LogP contribution is 2.31. The number of nitrogens with zero attached hydrogens (tertiary/aromatic N) is 2. The predicted octanol–water partition coefficient (Wildman–Crippen LogP) is 3.96. The Balaban J connectivity index is 1.84. The van der Waals surface area contributed by atoms with Gasteiger partial charge in [0.25, 0.3) is 0 Å². The Morgan fingerprint density at radius 1 is 0.684 bits per heavy atom. The molecular formula is C28H54N2O6S2. The molecule has 224 valence electrons. The van der Waals surface area contributed by atoms with Crippen LogP contribution in [0.15, 0.2) is 0 Å². The van der Waals surface area contributed by atoms with Gasteiger partial charge in [0, 0.05) is 32.4 Å². The Kier molecular flexibility index (Phi) is 14.6. The second kappa shape index (κ2) is 16.5. The summed E-state index contributed by atoms with van der Waals surface area (Å²) in [6, 6.07) is 0. The molecule has 0 radical (unpaired) electrons. The maximum atomic E-state index is 13.3. The first kappa shape index (κ1) is 33.5. The monoisotopic (exact) mass is 578 g/mol. The molecule has 2 aliphatic rings. The molecule has 1 N–H and O–H groups in total. The van der Waals surface area contributed by atoms with E-state index in [0.717, 1.165) is 25.8 Å². The van der Waals surface area contributed by atoms with Crippen molar-refractivity contribution in [3.63, 3.8) is 0 Å². The second-order valence-electron chi connectivity index (χ2n) is 12.1. The van der Waals surface area contributed by atoms with Crippen LogP contribution in [-0.2, 0) is 24.5 Å². The summed E-state index contributed by atoms with van der Waals surface area (Å²) < 4.78 is 50.8. The average Bonchev–Trinajstić information content (AvgIpc) is 3.35. The highest BCUT2D eigenvalue weighted by molar-refractivity contribution is 7.91. The van der Waals surface area contributed by atoms with Gasteiger partial charge in [-0.25, -0.2) is 16.8 Å². The third-order valence-electron chi connectivity index (χ3n) is 8.47. The molecule has 0 saturated carbocycles. The van der Waals surface area contributed by atoms with Crippen LogP contribution in [0, 0.1) is 23.7 Å². The lowest BCUT2D eigenvalue weighted by Crippen LogP contribution is -2.32. The van der Waals surface area contributed by atoms with Crippen LogP contribution >= 0.6 is 0 Å². The number of carboxylic acids is 1. The molecule has 38 heavy (non-hydrogen) atoms. The van der Waals surface area contributed by atoms with E-state index in [4.69, 9.17) is 5.11 Å². The van der Waals surface area contributed by atoms with Crippen molar-refractivity contribution < 1.29 is 26.7 Å². The maximum Gasteiger partial charge on any atom is 0.317 e. The number of carboxylic acid groups (broad SMARTS) is 1. The number of rotatable bonds is 20. The van der Waals surface area contributed by atoms with Gasteiger partial charge in [0.15, 0.2) is 9.84 Å². The van der Waals surface area contributed by atoms with Crippen molar-refractivity contribution in [3.05, 3.63) is 0 Å². The molecule has 4 unspecified atom stereocenters. The lowest BCUT2D eigenvalue weighted by Gasteiger charge is -2.21. The van der Waals surface area contributed by atoms with E-state index in [1.54, 1.807) is 0 Å². The van der Waals surface area contributed by atoms with Gasteiger partial charge in [0.2, 0.25) is 0 Å². The van der Waals surface area contributed by atoms with E-state index < -0.39 is 25.6 Å². The lowest BCUT2D eigenvalue weighted by atomic mass is 9.96. The van der Waals surface area contributed by atoms with Crippen LogP contribution in [0.5, 0.6) is 0 Å². The highest BCUT2D eigenvalue weighted by Gasteiger charge is 2.40. The molecule has 2 rings (SSSR count). The van der Waals surface area contributed by atoms with Crippen molar-refractivity contribution in [1.82, 2.24) is 9.80 Å². The van der Waals surface area contributed by atoms with E-state index in [0.29, 0.717) is 26.2 Å². The SMILES string of the molecule is CCCCCCCCCCCCN1CC(CS(C)(=O)=O)C(CS(=O)(=O)CC2CN(CC(=O)O)CC2CC)C1. The van der Waals surface area contributed by atoms with Crippen LogP contribution in [0.2, 0.25) is 0 Å². The number of sulfone groups is 2. The number of hydrogen-bond acceptors (Lipinski definition) is 7. The number of aliphatic carboxylic acids is 1. The van der Waals surface area contributed by atoms with Crippen LogP contribution in [0.1, 0.15) is 84.5 Å². The zero-order valence-corrected chi connectivity index (χ0v) is 25.8. The molecule has 2 saturated heterocycles. The maximum absolute atomic E-state index is 13.3. The summed E-state index contributed by atoms with van der Waals surface area (Å²) in [5.74, 6) is -0.994. The average molecular weight is 579 g/mol. The third-order valence-corrected chi connectivity index (χ3v) is 11.4. The smallest absolute Gasteiger partial charge is 0.317 e. The summed E-state index contributed by atoms with van der Waals surface area (Å²) in [6.45, 7) is 7.52. The topological polar surface area (TPSA) is 112 Å². The van der Waals surface area contributed by atoms with Gasteiger partial charge < -0.3 is 10.0 Å². The van der Waals surface area contributed by atoms with Gasteiger partial charge in [0.1, 0.15) is 9.84 Å². The quantitative estimate of drug-likeness (QED) is 0.216. The first-order valence-corrected chi connectivity index (χ1v) is 18.8. The van der Waals surface area contributed by atoms with Gasteiger partial charge in [-0.1, -0.05) is 78.1 Å². The predicted molar refractivity (Wildman–Crippen MR) is 155 cm³/mol. The first-order chi connectivity index (χ1) is 17.9. The molecule has 2 heterocycles. The second-order valence-corrected chi connectivity index (χ2v) is 16.5.